The molecule has 0 amide bonds. The predicted molar refractivity (Wildman–Crippen MR) is 67.5 cm³/mol. The maximum atomic E-state index is 11.3. The van der Waals surface area contributed by atoms with Gasteiger partial charge in [-0.15, -0.1) is 10.2 Å². The molecular formula is C10H15N5OS. The summed E-state index contributed by atoms with van der Waals surface area (Å²) >= 11 is 0. The van der Waals surface area contributed by atoms with E-state index in [1.165, 1.54) is 0 Å². The summed E-state index contributed by atoms with van der Waals surface area (Å²) in [6, 6.07) is 0. The molecule has 0 saturated heterocycles. The number of nitrogens with zero attached hydrogens (tertiary/aromatic N) is 4. The molecule has 0 bridgehead atoms. The van der Waals surface area contributed by atoms with E-state index in [9.17, 15) is 4.21 Å². The van der Waals surface area contributed by atoms with Crippen molar-refractivity contribution in [1.82, 2.24) is 19.6 Å². The summed E-state index contributed by atoms with van der Waals surface area (Å²) in [6.07, 6.45) is 5.21. The van der Waals surface area contributed by atoms with E-state index in [1.807, 2.05) is 24.4 Å². The lowest BCUT2D eigenvalue weighted by Gasteiger charge is -2.10. The molecule has 2 aromatic heterocycles. The van der Waals surface area contributed by atoms with E-state index in [0.717, 1.165) is 5.82 Å². The lowest BCUT2D eigenvalue weighted by molar-refractivity contribution is 0.679. The molecule has 0 aromatic carbocycles. The summed E-state index contributed by atoms with van der Waals surface area (Å²) < 4.78 is 13.1. The van der Waals surface area contributed by atoms with Crippen molar-refractivity contribution < 1.29 is 4.21 Å². The number of aryl methyl sites for hydroxylation is 1. The molecule has 2 aromatic rings. The molecule has 7 heteroatoms. The highest BCUT2D eigenvalue weighted by atomic mass is 32.2. The molecule has 2 unspecified atom stereocenters. The molecule has 0 spiro atoms. The van der Waals surface area contributed by atoms with Crippen molar-refractivity contribution in [3.05, 3.63) is 18.2 Å². The van der Waals surface area contributed by atoms with Crippen LogP contribution in [0.2, 0.25) is 0 Å². The van der Waals surface area contributed by atoms with Crippen LogP contribution in [0.4, 0.5) is 5.82 Å². The van der Waals surface area contributed by atoms with Crippen molar-refractivity contribution in [2.24, 2.45) is 0 Å². The molecule has 17 heavy (non-hydrogen) atoms. The van der Waals surface area contributed by atoms with Gasteiger partial charge in [0.25, 0.3) is 0 Å². The van der Waals surface area contributed by atoms with Gasteiger partial charge in [0.1, 0.15) is 5.82 Å². The van der Waals surface area contributed by atoms with Crippen LogP contribution in [0.1, 0.15) is 12.7 Å². The molecule has 0 aliphatic heterocycles. The fraction of sp³-hybridized carbons (Fsp3) is 0.500. The van der Waals surface area contributed by atoms with Gasteiger partial charge in [-0.3, -0.25) is 8.61 Å². The van der Waals surface area contributed by atoms with Crippen molar-refractivity contribution in [1.29, 1.82) is 0 Å². The standard InChI is InChI=1S/C10H15N5OS/c1-7(17(3)16)6-12-9-10-14-13-8(2)15(10)5-4-11-9/h4-5,7H,6H2,1-3H3,(H,11,12). The topological polar surface area (TPSA) is 72.2 Å². The second-order valence-electron chi connectivity index (χ2n) is 3.91. The van der Waals surface area contributed by atoms with Crippen LogP contribution in [-0.2, 0) is 10.8 Å². The van der Waals surface area contributed by atoms with Crippen LogP contribution in [-0.4, -0.2) is 41.8 Å². The highest BCUT2D eigenvalue weighted by molar-refractivity contribution is 7.84. The predicted octanol–water partition coefficient (Wildman–Crippen LogP) is 0.612. The van der Waals surface area contributed by atoms with E-state index in [-0.39, 0.29) is 5.25 Å². The van der Waals surface area contributed by atoms with E-state index < -0.39 is 10.8 Å². The van der Waals surface area contributed by atoms with Gasteiger partial charge in [0.2, 0.25) is 5.65 Å². The third-order valence-electron chi connectivity index (χ3n) is 2.62. The number of nitrogens with one attached hydrogen (secondary N) is 1. The number of aromatic nitrogens is 4. The van der Waals surface area contributed by atoms with Crippen molar-refractivity contribution in [2.75, 3.05) is 18.1 Å². The quantitative estimate of drug-likeness (QED) is 0.864. The Morgan fingerprint density at radius 3 is 3.00 bits per heavy atom. The summed E-state index contributed by atoms with van der Waals surface area (Å²) in [6.45, 7) is 4.41. The number of fused-ring (bicyclic) bond motifs is 1. The van der Waals surface area contributed by atoms with Gasteiger partial charge in [-0.25, -0.2) is 4.98 Å². The fourth-order valence-corrected chi connectivity index (χ4v) is 1.74. The Morgan fingerprint density at radius 1 is 1.53 bits per heavy atom. The zero-order valence-corrected chi connectivity index (χ0v) is 10.9. The summed E-state index contributed by atoms with van der Waals surface area (Å²) in [5.74, 6) is 1.49. The largest absolute Gasteiger partial charge is 0.366 e. The summed E-state index contributed by atoms with van der Waals surface area (Å²) in [7, 11) is -0.846. The molecule has 92 valence electrons. The SMILES string of the molecule is Cc1nnc2c(NCC(C)S(C)=O)nccn12. The first kappa shape index (κ1) is 12.0. The number of anilines is 1. The minimum Gasteiger partial charge on any atom is -0.366 e. The molecule has 0 saturated carbocycles. The van der Waals surface area contributed by atoms with Gasteiger partial charge in [-0.1, -0.05) is 0 Å². The number of hydrogen-bond acceptors (Lipinski definition) is 5. The average molecular weight is 253 g/mol. The molecule has 0 aliphatic carbocycles. The normalized spacial score (nSPS) is 14.8. The Kier molecular flexibility index (Phi) is 3.37. The zero-order valence-electron chi connectivity index (χ0n) is 10.0. The second kappa shape index (κ2) is 4.79. The Morgan fingerprint density at radius 2 is 2.29 bits per heavy atom. The molecule has 2 heterocycles. The van der Waals surface area contributed by atoms with E-state index in [1.54, 1.807) is 12.5 Å². The molecule has 2 atom stereocenters. The average Bonchev–Trinajstić information content (AvgIpc) is 2.69. The smallest absolute Gasteiger partial charge is 0.203 e. The van der Waals surface area contributed by atoms with Crippen molar-refractivity contribution in [3.8, 4) is 0 Å². The molecule has 2 rings (SSSR count). The van der Waals surface area contributed by atoms with Gasteiger partial charge in [0.15, 0.2) is 5.82 Å². The van der Waals surface area contributed by atoms with Crippen LogP contribution in [0.15, 0.2) is 12.4 Å². The third-order valence-corrected chi connectivity index (χ3v) is 3.92. The third kappa shape index (κ3) is 2.44. The minimum atomic E-state index is -0.846. The van der Waals surface area contributed by atoms with Gasteiger partial charge in [-0.2, -0.15) is 0 Å². The van der Waals surface area contributed by atoms with Gasteiger partial charge in [-0.05, 0) is 13.8 Å². The minimum absolute atomic E-state index is 0.0704. The van der Waals surface area contributed by atoms with E-state index in [2.05, 4.69) is 20.5 Å². The Hall–Kier alpha value is -1.50. The zero-order chi connectivity index (χ0) is 12.4. The summed E-state index contributed by atoms with van der Waals surface area (Å²) in [4.78, 5) is 4.22. The van der Waals surface area contributed by atoms with Crippen molar-refractivity contribution in [3.63, 3.8) is 0 Å². The Labute approximate surface area is 102 Å². The van der Waals surface area contributed by atoms with Crippen LogP contribution in [0.25, 0.3) is 5.65 Å². The van der Waals surface area contributed by atoms with Gasteiger partial charge < -0.3 is 5.32 Å². The van der Waals surface area contributed by atoms with Crippen LogP contribution in [0.5, 0.6) is 0 Å². The lowest BCUT2D eigenvalue weighted by Crippen LogP contribution is -2.21. The monoisotopic (exact) mass is 253 g/mol. The maximum absolute atomic E-state index is 11.3. The summed E-state index contributed by atoms with van der Waals surface area (Å²) in [5.41, 5.74) is 0.694. The van der Waals surface area contributed by atoms with E-state index in [4.69, 9.17) is 0 Å². The van der Waals surface area contributed by atoms with Crippen molar-refractivity contribution >= 4 is 22.3 Å². The van der Waals surface area contributed by atoms with E-state index in [0.29, 0.717) is 18.0 Å². The molecule has 1 N–H and O–H groups in total. The van der Waals surface area contributed by atoms with Gasteiger partial charge in [0.05, 0.1) is 0 Å². The second-order valence-corrected chi connectivity index (χ2v) is 5.71. The number of hydrogen-bond donors (Lipinski definition) is 1. The van der Waals surface area contributed by atoms with Gasteiger partial charge in [0, 0.05) is 41.2 Å². The van der Waals surface area contributed by atoms with Gasteiger partial charge >= 0.3 is 0 Å². The summed E-state index contributed by atoms with van der Waals surface area (Å²) in [5, 5.41) is 11.3. The lowest BCUT2D eigenvalue weighted by atomic mass is 10.4. The highest BCUT2D eigenvalue weighted by Crippen LogP contribution is 2.12. The maximum Gasteiger partial charge on any atom is 0.203 e. The van der Waals surface area contributed by atoms with E-state index >= 15 is 0 Å². The molecule has 6 nitrogen and oxygen atoms in total. The fourth-order valence-electron chi connectivity index (χ4n) is 1.42. The molecular weight excluding hydrogens is 238 g/mol. The Balaban J connectivity index is 2.21. The molecule has 0 aliphatic rings. The first-order chi connectivity index (χ1) is 8.09. The first-order valence-corrected chi connectivity index (χ1v) is 6.94. The van der Waals surface area contributed by atoms with Crippen LogP contribution in [0.3, 0.4) is 0 Å². The molecule has 0 fully saturated rings. The first-order valence-electron chi connectivity index (χ1n) is 5.32. The van der Waals surface area contributed by atoms with Crippen LogP contribution >= 0.6 is 0 Å². The van der Waals surface area contributed by atoms with Crippen LogP contribution in [0, 0.1) is 6.92 Å². The van der Waals surface area contributed by atoms with Crippen molar-refractivity contribution in [2.45, 2.75) is 19.1 Å². The highest BCUT2D eigenvalue weighted by Gasteiger charge is 2.10. The molecule has 0 radical (unpaired) electrons. The Bertz CT molecular complexity index is 553. The number of rotatable bonds is 4. The van der Waals surface area contributed by atoms with Crippen LogP contribution < -0.4 is 5.32 Å².